The van der Waals surface area contributed by atoms with E-state index in [1.165, 1.54) is 0 Å². The van der Waals surface area contributed by atoms with Crippen molar-refractivity contribution < 1.29 is 4.79 Å². The third-order valence-corrected chi connectivity index (χ3v) is 6.73. The number of hydrogen-bond donors (Lipinski definition) is 0. The van der Waals surface area contributed by atoms with Crippen molar-refractivity contribution in [1.29, 1.82) is 0 Å². The summed E-state index contributed by atoms with van der Waals surface area (Å²) in [7, 11) is 1.96. The van der Waals surface area contributed by atoms with Crippen molar-refractivity contribution in [2.45, 2.75) is 37.0 Å². The maximum atomic E-state index is 12.9. The van der Waals surface area contributed by atoms with Gasteiger partial charge in [0.1, 0.15) is 18.5 Å². The van der Waals surface area contributed by atoms with E-state index in [1.807, 2.05) is 35.1 Å². The molecule has 1 amide bonds. The Labute approximate surface area is 181 Å². The Morgan fingerprint density at radius 2 is 2.10 bits per heavy atom. The van der Waals surface area contributed by atoms with E-state index in [0.29, 0.717) is 18.5 Å². The van der Waals surface area contributed by atoms with Crippen molar-refractivity contribution in [1.82, 2.24) is 34.5 Å². The van der Waals surface area contributed by atoms with Gasteiger partial charge in [-0.05, 0) is 44.0 Å². The molecule has 4 heterocycles. The van der Waals surface area contributed by atoms with Crippen LogP contribution in [0.25, 0.3) is 0 Å². The number of aromatic nitrogens is 5. The lowest BCUT2D eigenvalue weighted by molar-refractivity contribution is -0.133. The van der Waals surface area contributed by atoms with Gasteiger partial charge in [0.05, 0.1) is 6.54 Å². The van der Waals surface area contributed by atoms with Gasteiger partial charge in [0.15, 0.2) is 5.16 Å². The number of likely N-dealkylation sites (N-methyl/N-ethyl adjacent to an activating group) is 1. The van der Waals surface area contributed by atoms with Gasteiger partial charge in [-0.3, -0.25) is 14.4 Å². The lowest BCUT2D eigenvalue weighted by Gasteiger charge is -2.37. The largest absolute Gasteiger partial charge is 0.356 e. The minimum atomic E-state index is 0.224. The SMILES string of the molecule is CSc1nccc(N2CCC(N(C)C(=O)CN3CCC(Cn4cncn4)C3)CC2)n1. The zero-order valence-corrected chi connectivity index (χ0v) is 18.5. The average Bonchev–Trinajstić information content (AvgIpc) is 3.46. The second kappa shape index (κ2) is 9.74. The van der Waals surface area contributed by atoms with E-state index >= 15 is 0 Å². The molecule has 2 fully saturated rings. The quantitative estimate of drug-likeness (QED) is 0.479. The Kier molecular flexibility index (Phi) is 6.83. The highest BCUT2D eigenvalue weighted by Crippen LogP contribution is 2.23. The summed E-state index contributed by atoms with van der Waals surface area (Å²) in [5, 5.41) is 4.99. The fourth-order valence-corrected chi connectivity index (χ4v) is 4.74. The van der Waals surface area contributed by atoms with Crippen molar-refractivity contribution in [2.24, 2.45) is 5.92 Å². The normalized spacial score (nSPS) is 20.6. The van der Waals surface area contributed by atoms with Crippen molar-refractivity contribution in [2.75, 3.05) is 50.9 Å². The molecule has 2 aromatic heterocycles. The number of likely N-dealkylation sites (tertiary alicyclic amines) is 1. The van der Waals surface area contributed by atoms with E-state index in [-0.39, 0.29) is 5.91 Å². The van der Waals surface area contributed by atoms with Crippen molar-refractivity contribution in [3.05, 3.63) is 24.9 Å². The van der Waals surface area contributed by atoms with Crippen LogP contribution in [0.5, 0.6) is 0 Å². The molecule has 2 saturated heterocycles. The molecule has 30 heavy (non-hydrogen) atoms. The van der Waals surface area contributed by atoms with Gasteiger partial charge in [-0.2, -0.15) is 5.10 Å². The number of amides is 1. The fraction of sp³-hybridized carbons (Fsp3) is 0.650. The maximum absolute atomic E-state index is 12.9. The minimum absolute atomic E-state index is 0.224. The molecule has 2 aromatic rings. The number of hydrogen-bond acceptors (Lipinski definition) is 8. The summed E-state index contributed by atoms with van der Waals surface area (Å²) in [6.45, 7) is 5.13. The van der Waals surface area contributed by atoms with Crippen LogP contribution in [0, 0.1) is 5.92 Å². The smallest absolute Gasteiger partial charge is 0.236 e. The molecule has 0 aromatic carbocycles. The zero-order chi connectivity index (χ0) is 20.9. The van der Waals surface area contributed by atoms with Crippen LogP contribution in [0.3, 0.4) is 0 Å². The predicted molar refractivity (Wildman–Crippen MR) is 116 cm³/mol. The predicted octanol–water partition coefficient (Wildman–Crippen LogP) is 1.24. The highest BCUT2D eigenvalue weighted by molar-refractivity contribution is 7.98. The first kappa shape index (κ1) is 21.0. The number of carbonyl (C=O) groups excluding carboxylic acids is 1. The summed E-state index contributed by atoms with van der Waals surface area (Å²) in [5.74, 6) is 1.74. The molecular weight excluding hydrogens is 400 g/mol. The summed E-state index contributed by atoms with van der Waals surface area (Å²) >= 11 is 1.56. The maximum Gasteiger partial charge on any atom is 0.236 e. The number of anilines is 1. The standard InChI is InChI=1S/C20H30N8OS/c1-25(17-5-9-27(10-6-17)18-3-7-22-20(24-18)30-2)19(29)13-26-8-4-16(11-26)12-28-15-21-14-23-28/h3,7,14-17H,4-6,8-13H2,1-2H3. The van der Waals surface area contributed by atoms with Crippen LogP contribution >= 0.6 is 11.8 Å². The first-order chi connectivity index (χ1) is 14.6. The van der Waals surface area contributed by atoms with Crippen molar-refractivity contribution in [3.63, 3.8) is 0 Å². The number of piperidine rings is 1. The lowest BCUT2D eigenvalue weighted by Crippen LogP contribution is -2.48. The third-order valence-electron chi connectivity index (χ3n) is 6.17. The first-order valence-corrected chi connectivity index (χ1v) is 11.8. The molecule has 4 rings (SSSR count). The van der Waals surface area contributed by atoms with Crippen molar-refractivity contribution in [3.8, 4) is 0 Å². The molecule has 2 aliphatic heterocycles. The highest BCUT2D eigenvalue weighted by atomic mass is 32.2. The van der Waals surface area contributed by atoms with E-state index in [9.17, 15) is 4.79 Å². The van der Waals surface area contributed by atoms with Gasteiger partial charge in [-0.25, -0.2) is 15.0 Å². The molecule has 10 heteroatoms. The fourth-order valence-electron chi connectivity index (χ4n) is 4.39. The van der Waals surface area contributed by atoms with E-state index in [2.05, 4.69) is 29.9 Å². The molecule has 0 N–H and O–H groups in total. The van der Waals surface area contributed by atoms with E-state index < -0.39 is 0 Å². The first-order valence-electron chi connectivity index (χ1n) is 10.5. The summed E-state index contributed by atoms with van der Waals surface area (Å²) < 4.78 is 1.88. The van der Waals surface area contributed by atoms with Crippen LogP contribution in [0.2, 0.25) is 0 Å². The lowest BCUT2D eigenvalue weighted by atomic mass is 10.0. The molecular formula is C20H30N8OS. The molecule has 0 bridgehead atoms. The van der Waals surface area contributed by atoms with Gasteiger partial charge < -0.3 is 9.80 Å². The Morgan fingerprint density at radius 3 is 2.83 bits per heavy atom. The second-order valence-corrected chi connectivity index (χ2v) is 8.91. The van der Waals surface area contributed by atoms with Gasteiger partial charge in [0.2, 0.25) is 5.91 Å². The van der Waals surface area contributed by atoms with Crippen LogP contribution in [0.4, 0.5) is 5.82 Å². The molecule has 0 aliphatic carbocycles. The molecule has 0 radical (unpaired) electrons. The Balaban J connectivity index is 1.23. The van der Waals surface area contributed by atoms with Crippen LogP contribution in [0.1, 0.15) is 19.3 Å². The number of carbonyl (C=O) groups is 1. The third kappa shape index (κ3) is 5.10. The minimum Gasteiger partial charge on any atom is -0.356 e. The van der Waals surface area contributed by atoms with Gasteiger partial charge >= 0.3 is 0 Å². The van der Waals surface area contributed by atoms with Crippen LogP contribution < -0.4 is 4.90 Å². The van der Waals surface area contributed by atoms with Crippen LogP contribution in [-0.2, 0) is 11.3 Å². The van der Waals surface area contributed by atoms with E-state index in [4.69, 9.17) is 0 Å². The summed E-state index contributed by atoms with van der Waals surface area (Å²) in [6.07, 6.45) is 10.2. The Morgan fingerprint density at radius 1 is 1.27 bits per heavy atom. The second-order valence-electron chi connectivity index (χ2n) is 8.13. The van der Waals surface area contributed by atoms with Gasteiger partial charge in [-0.15, -0.1) is 0 Å². The van der Waals surface area contributed by atoms with E-state index in [0.717, 1.165) is 63.0 Å². The van der Waals surface area contributed by atoms with Crippen LogP contribution in [-0.4, -0.2) is 92.5 Å². The van der Waals surface area contributed by atoms with Crippen molar-refractivity contribution >= 4 is 23.5 Å². The van der Waals surface area contributed by atoms with Gasteiger partial charge in [-0.1, -0.05) is 11.8 Å². The Bertz CT molecular complexity index is 824. The number of thioether (sulfide) groups is 1. The summed E-state index contributed by atoms with van der Waals surface area (Å²) in [5.41, 5.74) is 0. The molecule has 0 saturated carbocycles. The number of nitrogens with zero attached hydrogens (tertiary/aromatic N) is 8. The molecule has 9 nitrogen and oxygen atoms in total. The zero-order valence-electron chi connectivity index (χ0n) is 17.7. The number of rotatable bonds is 7. The highest BCUT2D eigenvalue weighted by Gasteiger charge is 2.29. The van der Waals surface area contributed by atoms with Crippen LogP contribution in [0.15, 0.2) is 30.1 Å². The molecule has 162 valence electrons. The summed E-state index contributed by atoms with van der Waals surface area (Å²) in [6, 6.07) is 2.27. The van der Waals surface area contributed by atoms with Gasteiger partial charge in [0.25, 0.3) is 0 Å². The molecule has 2 aliphatic rings. The molecule has 0 spiro atoms. The molecule has 1 unspecified atom stereocenters. The van der Waals surface area contributed by atoms with Gasteiger partial charge in [0, 0.05) is 45.5 Å². The van der Waals surface area contributed by atoms with E-state index in [1.54, 1.807) is 24.4 Å². The monoisotopic (exact) mass is 430 g/mol. The topological polar surface area (TPSA) is 83.3 Å². The average molecular weight is 431 g/mol. The summed E-state index contributed by atoms with van der Waals surface area (Å²) in [4.78, 5) is 32.3. The molecule has 1 atom stereocenters. The Hall–Kier alpha value is -2.20.